The van der Waals surface area contributed by atoms with Crippen LogP contribution >= 0.6 is 11.8 Å². The number of carboxylic acid groups (broad SMARTS) is 1. The van der Waals surface area contributed by atoms with Crippen molar-refractivity contribution >= 4 is 51.5 Å². The van der Waals surface area contributed by atoms with Gasteiger partial charge >= 0.3 is 16.3 Å². The number of hydrogen-bond acceptors (Lipinski definition) is 14. The minimum absolute atomic E-state index is 0.0968. The summed E-state index contributed by atoms with van der Waals surface area (Å²) in [6, 6.07) is -2.79. The molecule has 1 aromatic rings. The minimum atomic E-state index is -5.01. The Morgan fingerprint density at radius 3 is 2.70 bits per heavy atom. The molecule has 22 heteroatoms. The van der Waals surface area contributed by atoms with Crippen LogP contribution in [-0.2, 0) is 42.6 Å². The largest absolute Gasteiger partial charge is 0.478 e. The van der Waals surface area contributed by atoms with E-state index in [1.165, 1.54) is 11.6 Å². The van der Waals surface area contributed by atoms with Crippen molar-refractivity contribution in [2.75, 3.05) is 20.1 Å². The maximum absolute atomic E-state index is 13.3. The van der Waals surface area contributed by atoms with Gasteiger partial charge in [0.25, 0.3) is 11.8 Å². The highest BCUT2D eigenvalue weighted by Crippen LogP contribution is 2.40. The number of nitrogens with zero attached hydrogens (tertiary/aromatic N) is 7. The summed E-state index contributed by atoms with van der Waals surface area (Å²) >= 11 is 1.11. The van der Waals surface area contributed by atoms with E-state index in [4.69, 9.17) is 22.0 Å². The summed E-state index contributed by atoms with van der Waals surface area (Å²) in [4.78, 5) is 49.6. The van der Waals surface area contributed by atoms with Crippen LogP contribution in [0.2, 0.25) is 0 Å². The molecule has 2 fully saturated rings. The quantitative estimate of drug-likeness (QED) is 0.0256. The van der Waals surface area contributed by atoms with Crippen LogP contribution in [0.15, 0.2) is 27.5 Å². The predicted octanol–water partition coefficient (Wildman–Crippen LogP) is -3.72. The average molecular weight is 645 g/mol. The van der Waals surface area contributed by atoms with Gasteiger partial charge in [0.15, 0.2) is 11.7 Å². The first-order chi connectivity index (χ1) is 20.3. The van der Waals surface area contributed by atoms with Crippen molar-refractivity contribution in [1.82, 2.24) is 34.8 Å². The van der Waals surface area contributed by atoms with Gasteiger partial charge in [-0.3, -0.25) is 19.1 Å². The summed E-state index contributed by atoms with van der Waals surface area (Å²) in [6.07, 6.45) is 2.41. The number of carboxylic acids is 1. The van der Waals surface area contributed by atoms with E-state index in [9.17, 15) is 32.5 Å². The molecule has 1 aliphatic carbocycles. The summed E-state index contributed by atoms with van der Waals surface area (Å²) in [7, 11) is -3.33. The molecular weight excluding hydrogens is 612 g/mol. The topological polar surface area (TPSA) is 299 Å². The maximum Gasteiger partial charge on any atom is 0.362 e. The van der Waals surface area contributed by atoms with Gasteiger partial charge in [-0.2, -0.15) is 23.4 Å². The van der Waals surface area contributed by atoms with E-state index in [0.717, 1.165) is 16.6 Å². The first-order valence-electron chi connectivity index (χ1n) is 12.8. The van der Waals surface area contributed by atoms with Crippen LogP contribution < -0.4 is 27.8 Å². The molecule has 0 spiro atoms. The predicted molar refractivity (Wildman–Crippen MR) is 151 cm³/mol. The third-order valence-corrected chi connectivity index (χ3v) is 8.30. The van der Waals surface area contributed by atoms with Gasteiger partial charge in [-0.05, 0) is 13.0 Å². The molecule has 236 valence electrons. The Hall–Kier alpha value is -3.99. The van der Waals surface area contributed by atoms with E-state index in [1.807, 2.05) is 0 Å². The summed E-state index contributed by atoms with van der Waals surface area (Å²) in [5.74, 6) is -3.13. The number of nitrogens with two attached hydrogens (primary N) is 3. The summed E-state index contributed by atoms with van der Waals surface area (Å²) in [5.41, 5.74) is 15.1. The average Bonchev–Trinajstić information content (AvgIpc) is 3.41. The lowest BCUT2D eigenvalue weighted by Crippen LogP contribution is -2.73. The van der Waals surface area contributed by atoms with Crippen LogP contribution in [0.3, 0.4) is 0 Å². The Labute approximate surface area is 249 Å². The normalized spacial score (nSPS) is 23.3. The number of carbonyl (C=O) groups is 3. The molecule has 10 N–H and O–H groups in total. The second-order valence-electron chi connectivity index (χ2n) is 9.82. The van der Waals surface area contributed by atoms with Crippen molar-refractivity contribution in [2.45, 2.75) is 55.5 Å². The Balaban J connectivity index is 1.49. The van der Waals surface area contributed by atoms with Crippen molar-refractivity contribution in [2.24, 2.45) is 27.3 Å². The molecular formula is C21H32N12O8S2. The van der Waals surface area contributed by atoms with Crippen molar-refractivity contribution in [1.29, 1.82) is 0 Å². The van der Waals surface area contributed by atoms with E-state index < -0.39 is 57.0 Å². The highest BCUT2D eigenvalue weighted by atomic mass is 32.2. The van der Waals surface area contributed by atoms with Gasteiger partial charge in [0.1, 0.15) is 23.3 Å². The number of amides is 2. The summed E-state index contributed by atoms with van der Waals surface area (Å²) in [6.45, 7) is 0.776. The number of oxime groups is 1. The fraction of sp³-hybridized carbons (Fsp3) is 0.571. The number of carbonyl (C=O) groups excluding carboxylic acids is 2. The molecule has 1 saturated carbocycles. The van der Waals surface area contributed by atoms with Gasteiger partial charge < -0.3 is 42.7 Å². The summed E-state index contributed by atoms with van der Waals surface area (Å²) < 4.78 is 33.8. The lowest BCUT2D eigenvalue weighted by atomic mass is 9.98. The van der Waals surface area contributed by atoms with E-state index in [-0.39, 0.29) is 41.9 Å². The molecule has 3 unspecified atom stereocenters. The fourth-order valence-corrected chi connectivity index (χ4v) is 5.56. The SMILES string of the molecule is CN(Cc1cnn(CC2C(NC(=O)/C(=N\OC3(C(=O)O)CC3)C3=CSC(N)N3)C(=O)N2S(=O)(=O)O)n1)C(N)=NCCCN. The summed E-state index contributed by atoms with van der Waals surface area (Å²) in [5, 5.41) is 28.1. The van der Waals surface area contributed by atoms with Crippen molar-refractivity contribution in [3.05, 3.63) is 23.0 Å². The zero-order chi connectivity index (χ0) is 31.5. The molecule has 3 atom stereocenters. The lowest BCUT2D eigenvalue weighted by molar-refractivity contribution is -0.153. The second kappa shape index (κ2) is 12.7. The zero-order valence-corrected chi connectivity index (χ0v) is 24.5. The molecule has 2 aliphatic heterocycles. The Morgan fingerprint density at radius 1 is 1.40 bits per heavy atom. The van der Waals surface area contributed by atoms with Gasteiger partial charge in [0, 0.05) is 31.8 Å². The van der Waals surface area contributed by atoms with Crippen LogP contribution in [0.4, 0.5) is 0 Å². The monoisotopic (exact) mass is 644 g/mol. The molecule has 1 saturated heterocycles. The Kier molecular flexibility index (Phi) is 9.44. The molecule has 0 aromatic carbocycles. The highest BCUT2D eigenvalue weighted by molar-refractivity contribution is 8.02. The first-order valence-corrected chi connectivity index (χ1v) is 15.2. The third kappa shape index (κ3) is 7.33. The van der Waals surface area contributed by atoms with Crippen molar-refractivity contribution < 1.29 is 37.3 Å². The number of aromatic nitrogens is 3. The van der Waals surface area contributed by atoms with Crippen molar-refractivity contribution in [3.63, 3.8) is 0 Å². The number of rotatable bonds is 14. The molecule has 4 rings (SSSR count). The molecule has 0 radical (unpaired) electrons. The van der Waals surface area contributed by atoms with Gasteiger partial charge in [-0.25, -0.2) is 9.10 Å². The van der Waals surface area contributed by atoms with Gasteiger partial charge in [0.2, 0.25) is 5.60 Å². The molecule has 20 nitrogen and oxygen atoms in total. The number of nitrogens with one attached hydrogen (secondary N) is 2. The number of aliphatic carboxylic acids is 1. The van der Waals surface area contributed by atoms with E-state index >= 15 is 0 Å². The first kappa shape index (κ1) is 31.9. The second-order valence-corrected chi connectivity index (χ2v) is 12.1. The van der Waals surface area contributed by atoms with E-state index in [0.29, 0.717) is 25.2 Å². The van der Waals surface area contributed by atoms with Crippen LogP contribution in [0, 0.1) is 0 Å². The molecule has 2 amide bonds. The Morgan fingerprint density at radius 2 is 2.12 bits per heavy atom. The Bertz CT molecular complexity index is 1460. The minimum Gasteiger partial charge on any atom is -0.478 e. The molecule has 3 heterocycles. The molecule has 3 aliphatic rings. The lowest BCUT2D eigenvalue weighted by Gasteiger charge is -2.43. The van der Waals surface area contributed by atoms with Gasteiger partial charge in [0.05, 0.1) is 25.0 Å². The van der Waals surface area contributed by atoms with Crippen LogP contribution in [0.1, 0.15) is 25.0 Å². The highest BCUT2D eigenvalue weighted by Gasteiger charge is 2.56. The van der Waals surface area contributed by atoms with Gasteiger partial charge in [-0.1, -0.05) is 16.9 Å². The number of hydrogen-bond donors (Lipinski definition) is 7. The van der Waals surface area contributed by atoms with Crippen molar-refractivity contribution in [3.8, 4) is 0 Å². The van der Waals surface area contributed by atoms with Crippen LogP contribution in [0.25, 0.3) is 0 Å². The number of aliphatic imine (C=N–C) groups is 1. The maximum atomic E-state index is 13.3. The smallest absolute Gasteiger partial charge is 0.362 e. The fourth-order valence-electron chi connectivity index (χ4n) is 4.03. The molecule has 1 aromatic heterocycles. The standard InChI is InChI=1S/C21H32N12O8S2/c1-31(19(23)25-6-2-5-22)8-11-7-26-32(29-11)9-13-15(17(35)33(13)43(38,39)40)28-16(34)14(12-10-42-20(24)27-12)30-41-21(3-4-21)18(36)37/h7,10,13,15,20,27H,2-6,8-9,22,24H2,1H3,(H2,23,25)(H,28,34)(H,36,37)(H,38,39,40)/b30-14-. The zero-order valence-electron chi connectivity index (χ0n) is 22.9. The third-order valence-electron chi connectivity index (χ3n) is 6.57. The molecule has 43 heavy (non-hydrogen) atoms. The number of guanidine groups is 1. The van der Waals surface area contributed by atoms with E-state index in [2.05, 4.69) is 31.0 Å². The van der Waals surface area contributed by atoms with E-state index in [1.54, 1.807) is 11.9 Å². The van der Waals surface area contributed by atoms with Crippen LogP contribution in [0.5, 0.6) is 0 Å². The van der Waals surface area contributed by atoms with Crippen LogP contribution in [-0.4, -0.2) is 115 Å². The number of β-lactam (4-membered cyclic amide) rings is 1. The molecule has 0 bridgehead atoms. The van der Waals surface area contributed by atoms with Gasteiger partial charge in [-0.15, -0.1) is 0 Å². The number of thioether (sulfide) groups is 1.